The minimum atomic E-state index is -4.46. The van der Waals surface area contributed by atoms with Gasteiger partial charge < -0.3 is 5.32 Å². The predicted molar refractivity (Wildman–Crippen MR) is 126 cm³/mol. The lowest BCUT2D eigenvalue weighted by Gasteiger charge is -2.38. The third-order valence-corrected chi connectivity index (χ3v) is 7.90. The fourth-order valence-corrected chi connectivity index (χ4v) is 6.08. The highest BCUT2D eigenvalue weighted by Gasteiger charge is 2.42. The molecule has 1 aliphatic heterocycles. The smallest absolute Gasteiger partial charge is 0.378 e. The number of halogens is 3. The zero-order valence-electron chi connectivity index (χ0n) is 18.3. The van der Waals surface area contributed by atoms with Crippen LogP contribution in [0.1, 0.15) is 40.6 Å². The number of sulfonamides is 1. The van der Waals surface area contributed by atoms with Crippen molar-refractivity contribution >= 4 is 21.4 Å². The van der Waals surface area contributed by atoms with Crippen molar-refractivity contribution in [1.29, 1.82) is 0 Å². The van der Waals surface area contributed by atoms with Gasteiger partial charge >= 0.3 is 6.18 Å². The Morgan fingerprint density at radius 1 is 0.971 bits per heavy atom. The average Bonchev–Trinajstić information content (AvgIpc) is 3.28. The first kappa shape index (κ1) is 22.5. The van der Waals surface area contributed by atoms with E-state index >= 15 is 0 Å². The number of allylic oxidation sites excluding steroid dienone is 2. The number of nitrogens with one attached hydrogen (secondary N) is 2. The molecule has 0 aromatic heterocycles. The molecule has 0 fully saturated rings. The van der Waals surface area contributed by atoms with Crippen molar-refractivity contribution in [3.05, 3.63) is 101 Å². The molecule has 5 rings (SSSR count). The molecule has 0 radical (unpaired) electrons. The molecule has 0 saturated heterocycles. The summed E-state index contributed by atoms with van der Waals surface area (Å²) in [5, 5.41) is 3.28. The second kappa shape index (κ2) is 8.20. The minimum Gasteiger partial charge on any atom is -0.378 e. The maximum absolute atomic E-state index is 13.7. The van der Waals surface area contributed by atoms with E-state index in [0.29, 0.717) is 17.8 Å². The maximum Gasteiger partial charge on any atom is 0.416 e. The van der Waals surface area contributed by atoms with E-state index in [-0.39, 0.29) is 22.3 Å². The lowest BCUT2D eigenvalue weighted by Crippen LogP contribution is -2.31. The van der Waals surface area contributed by atoms with Crippen LogP contribution in [-0.4, -0.2) is 8.42 Å². The fraction of sp³-hybridized carbons (Fsp3) is 0.231. The van der Waals surface area contributed by atoms with Crippen LogP contribution in [0.15, 0.2) is 83.8 Å². The highest BCUT2D eigenvalue weighted by Crippen LogP contribution is 2.51. The molecule has 4 nitrogen and oxygen atoms in total. The molecular formula is C26H23F3N2O2S. The molecule has 2 N–H and O–H groups in total. The van der Waals surface area contributed by atoms with Crippen LogP contribution in [0.4, 0.5) is 24.5 Å². The third-order valence-electron chi connectivity index (χ3n) is 6.52. The van der Waals surface area contributed by atoms with Crippen LogP contribution in [0, 0.1) is 12.8 Å². The summed E-state index contributed by atoms with van der Waals surface area (Å²) in [6.45, 7) is 1.88. The van der Waals surface area contributed by atoms with Crippen LogP contribution >= 0.6 is 0 Å². The van der Waals surface area contributed by atoms with Crippen LogP contribution < -0.4 is 10.0 Å². The van der Waals surface area contributed by atoms with Crippen molar-refractivity contribution in [2.24, 2.45) is 5.92 Å². The van der Waals surface area contributed by atoms with Crippen LogP contribution in [0.3, 0.4) is 0 Å². The molecular weight excluding hydrogens is 461 g/mol. The van der Waals surface area contributed by atoms with Crippen molar-refractivity contribution in [2.45, 2.75) is 36.4 Å². The van der Waals surface area contributed by atoms with Gasteiger partial charge in [0.1, 0.15) is 0 Å². The highest BCUT2D eigenvalue weighted by atomic mass is 32.2. The number of fused-ring (bicyclic) bond motifs is 3. The van der Waals surface area contributed by atoms with Gasteiger partial charge in [-0.1, -0.05) is 42.5 Å². The van der Waals surface area contributed by atoms with Crippen molar-refractivity contribution in [1.82, 2.24) is 0 Å². The predicted octanol–water partition coefficient (Wildman–Crippen LogP) is 6.64. The summed E-state index contributed by atoms with van der Waals surface area (Å²) in [5.41, 5.74) is 2.37. The van der Waals surface area contributed by atoms with Crippen LogP contribution in [0.25, 0.3) is 0 Å². The van der Waals surface area contributed by atoms with Crippen molar-refractivity contribution in [3.8, 4) is 0 Å². The molecule has 1 heterocycles. The molecule has 0 unspecified atom stereocenters. The van der Waals surface area contributed by atoms with E-state index in [9.17, 15) is 21.6 Å². The number of aryl methyl sites for hydroxylation is 1. The number of benzene rings is 3. The minimum absolute atomic E-state index is 0.114. The first-order valence-electron chi connectivity index (χ1n) is 11.0. The largest absolute Gasteiger partial charge is 0.416 e. The van der Waals surface area contributed by atoms with E-state index in [1.54, 1.807) is 36.4 Å². The van der Waals surface area contributed by atoms with Gasteiger partial charge in [0.25, 0.3) is 10.0 Å². The topological polar surface area (TPSA) is 58.2 Å². The molecule has 34 heavy (non-hydrogen) atoms. The van der Waals surface area contributed by atoms with Crippen molar-refractivity contribution in [3.63, 3.8) is 0 Å². The fourth-order valence-electron chi connectivity index (χ4n) is 5.00. The van der Waals surface area contributed by atoms with E-state index in [1.165, 1.54) is 18.2 Å². The van der Waals surface area contributed by atoms with E-state index in [4.69, 9.17) is 0 Å². The average molecular weight is 485 g/mol. The number of hydrogen-bond acceptors (Lipinski definition) is 3. The third kappa shape index (κ3) is 4.07. The Morgan fingerprint density at radius 2 is 1.76 bits per heavy atom. The molecule has 8 heteroatoms. The molecule has 2 aliphatic rings. The van der Waals surface area contributed by atoms with E-state index in [2.05, 4.69) is 10.0 Å². The lowest BCUT2D eigenvalue weighted by atomic mass is 9.76. The van der Waals surface area contributed by atoms with Gasteiger partial charge in [-0.2, -0.15) is 13.2 Å². The molecule has 0 bridgehead atoms. The summed E-state index contributed by atoms with van der Waals surface area (Å²) >= 11 is 0. The summed E-state index contributed by atoms with van der Waals surface area (Å²) in [7, 11) is -3.83. The van der Waals surface area contributed by atoms with Crippen molar-refractivity contribution in [2.75, 3.05) is 10.0 Å². The van der Waals surface area contributed by atoms with E-state index in [0.717, 1.165) is 17.2 Å². The normalized spacial score (nSPS) is 21.5. The van der Waals surface area contributed by atoms with E-state index in [1.807, 2.05) is 25.1 Å². The van der Waals surface area contributed by atoms with Gasteiger partial charge in [0.15, 0.2) is 0 Å². The van der Waals surface area contributed by atoms with Gasteiger partial charge in [-0.05, 0) is 72.4 Å². The summed E-state index contributed by atoms with van der Waals surface area (Å²) in [4.78, 5) is 0.114. The monoisotopic (exact) mass is 484 g/mol. The molecule has 1 aliphatic carbocycles. The molecule has 0 amide bonds. The van der Waals surface area contributed by atoms with Gasteiger partial charge in [-0.3, -0.25) is 4.72 Å². The molecule has 176 valence electrons. The quantitative estimate of drug-likeness (QED) is 0.408. The van der Waals surface area contributed by atoms with Crippen LogP contribution in [-0.2, 0) is 16.2 Å². The first-order valence-corrected chi connectivity index (χ1v) is 12.4. The number of alkyl halides is 3. The second-order valence-electron chi connectivity index (χ2n) is 8.78. The van der Waals surface area contributed by atoms with Gasteiger partial charge in [0, 0.05) is 17.3 Å². The molecule has 3 atom stereocenters. The van der Waals surface area contributed by atoms with Gasteiger partial charge in [0.2, 0.25) is 0 Å². The lowest BCUT2D eigenvalue weighted by molar-refractivity contribution is -0.138. The first-order chi connectivity index (χ1) is 16.1. The number of rotatable bonds is 4. The van der Waals surface area contributed by atoms with Crippen LogP contribution in [0.2, 0.25) is 0 Å². The Labute approximate surface area is 196 Å². The summed E-state index contributed by atoms with van der Waals surface area (Å²) in [6, 6.07) is 16.9. The van der Waals surface area contributed by atoms with E-state index < -0.39 is 27.8 Å². The molecule has 0 spiro atoms. The standard InChI is InChI=1S/C26H23F3N2O2S/c1-16-6-4-7-17(14-16)31-34(32,33)18-12-13-24-22(15-18)19-9-5-10-20(19)25(30-24)21-8-2-3-11-23(21)26(27,28)29/h2-9,11-15,19-20,25,30-31H,10H2,1H3/t19-,20+,25-/m0/s1. The Bertz CT molecular complexity index is 1380. The van der Waals surface area contributed by atoms with Crippen molar-refractivity contribution < 1.29 is 21.6 Å². The van der Waals surface area contributed by atoms with Gasteiger partial charge in [0.05, 0.1) is 16.5 Å². The Balaban J connectivity index is 1.52. The Morgan fingerprint density at radius 3 is 2.53 bits per heavy atom. The number of hydrogen-bond donors (Lipinski definition) is 2. The summed E-state index contributed by atoms with van der Waals surface area (Å²) in [6.07, 6.45) is 0.0748. The van der Waals surface area contributed by atoms with Crippen LogP contribution in [0.5, 0.6) is 0 Å². The molecule has 3 aromatic carbocycles. The maximum atomic E-state index is 13.7. The molecule has 0 saturated carbocycles. The zero-order chi connectivity index (χ0) is 24.1. The highest BCUT2D eigenvalue weighted by molar-refractivity contribution is 7.92. The number of anilines is 2. The summed E-state index contributed by atoms with van der Waals surface area (Å²) in [5.74, 6) is -0.338. The summed E-state index contributed by atoms with van der Waals surface area (Å²) < 4.78 is 69.9. The Hall–Kier alpha value is -3.26. The van der Waals surface area contributed by atoms with Gasteiger partial charge in [-0.25, -0.2) is 8.42 Å². The second-order valence-corrected chi connectivity index (χ2v) is 10.5. The molecule has 3 aromatic rings. The van der Waals surface area contributed by atoms with Gasteiger partial charge in [-0.15, -0.1) is 0 Å². The SMILES string of the molecule is Cc1cccc(NS(=O)(=O)c2ccc3c(c2)[C@H]2C=CC[C@H]2[C@@H](c2ccccc2C(F)(F)F)N3)c1. The zero-order valence-corrected chi connectivity index (χ0v) is 19.1. The Kier molecular flexibility index (Phi) is 5.43.